The van der Waals surface area contributed by atoms with Gasteiger partial charge in [0.1, 0.15) is 0 Å². The molecule has 0 aliphatic rings. The fourth-order valence-electron chi connectivity index (χ4n) is 2.40. The molecule has 1 heterocycles. The molecule has 3 rings (SSSR count). The summed E-state index contributed by atoms with van der Waals surface area (Å²) in [6.45, 7) is 0. The Morgan fingerprint density at radius 2 is 1.32 bits per heavy atom. The molecule has 3 aromatic rings. The average molecular weight is 310 g/mol. The van der Waals surface area contributed by atoms with Crippen molar-refractivity contribution in [2.24, 2.45) is 5.14 Å². The van der Waals surface area contributed by atoms with Gasteiger partial charge in [-0.2, -0.15) is 0 Å². The Kier molecular flexibility index (Phi) is 3.75. The average Bonchev–Trinajstić information content (AvgIpc) is 2.55. The van der Waals surface area contributed by atoms with Crippen molar-refractivity contribution < 1.29 is 8.42 Å². The molecule has 0 aliphatic carbocycles. The summed E-state index contributed by atoms with van der Waals surface area (Å²) in [4.78, 5) is 4.46. The molecule has 0 saturated heterocycles. The lowest BCUT2D eigenvalue weighted by molar-refractivity contribution is 0.598. The largest absolute Gasteiger partial charge is 0.256 e. The second kappa shape index (κ2) is 5.71. The van der Waals surface area contributed by atoms with Crippen molar-refractivity contribution in [2.45, 2.75) is 4.90 Å². The van der Waals surface area contributed by atoms with Crippen LogP contribution in [-0.4, -0.2) is 13.4 Å². The van der Waals surface area contributed by atoms with E-state index in [1.54, 1.807) is 24.4 Å². The molecule has 2 aromatic carbocycles. The van der Waals surface area contributed by atoms with Gasteiger partial charge in [0, 0.05) is 17.3 Å². The fraction of sp³-hybridized carbons (Fsp3) is 0. The molecule has 4 nitrogen and oxygen atoms in total. The molecule has 22 heavy (non-hydrogen) atoms. The molecule has 1 aromatic heterocycles. The number of rotatable bonds is 3. The van der Waals surface area contributed by atoms with Gasteiger partial charge in [-0.25, -0.2) is 13.6 Å². The van der Waals surface area contributed by atoms with Crippen molar-refractivity contribution >= 4 is 10.0 Å². The normalized spacial score (nSPS) is 11.3. The van der Waals surface area contributed by atoms with Crippen molar-refractivity contribution in [1.29, 1.82) is 0 Å². The van der Waals surface area contributed by atoms with Gasteiger partial charge in [0.15, 0.2) is 0 Å². The number of hydrogen-bond donors (Lipinski definition) is 1. The van der Waals surface area contributed by atoms with Gasteiger partial charge in [0.2, 0.25) is 10.0 Å². The first-order valence-electron chi connectivity index (χ1n) is 6.70. The van der Waals surface area contributed by atoms with Gasteiger partial charge in [0.05, 0.1) is 10.6 Å². The van der Waals surface area contributed by atoms with E-state index >= 15 is 0 Å². The van der Waals surface area contributed by atoms with E-state index in [1.807, 2.05) is 42.5 Å². The highest BCUT2D eigenvalue weighted by Crippen LogP contribution is 2.34. The first-order valence-corrected chi connectivity index (χ1v) is 8.24. The van der Waals surface area contributed by atoms with Crippen molar-refractivity contribution in [3.8, 4) is 22.4 Å². The molecule has 0 aliphatic heterocycles. The molecule has 0 amide bonds. The number of primary sulfonamides is 1. The number of pyridine rings is 1. The summed E-state index contributed by atoms with van der Waals surface area (Å²) < 4.78 is 23.7. The third kappa shape index (κ3) is 2.77. The zero-order chi connectivity index (χ0) is 15.6. The maximum absolute atomic E-state index is 11.8. The summed E-state index contributed by atoms with van der Waals surface area (Å²) in [7, 11) is -3.80. The second-order valence-electron chi connectivity index (χ2n) is 4.80. The lowest BCUT2D eigenvalue weighted by Gasteiger charge is -2.12. The van der Waals surface area contributed by atoms with Crippen LogP contribution in [0.5, 0.6) is 0 Å². The minimum atomic E-state index is -3.80. The predicted molar refractivity (Wildman–Crippen MR) is 86.5 cm³/mol. The number of aromatic nitrogens is 1. The summed E-state index contributed by atoms with van der Waals surface area (Å²) in [6.07, 6.45) is 1.71. The highest BCUT2D eigenvalue weighted by atomic mass is 32.2. The molecule has 0 unspecified atom stereocenters. The zero-order valence-electron chi connectivity index (χ0n) is 11.7. The Bertz CT molecular complexity index is 907. The molecule has 2 N–H and O–H groups in total. The van der Waals surface area contributed by atoms with Gasteiger partial charge in [-0.1, -0.05) is 48.5 Å². The Hall–Kier alpha value is -2.50. The number of nitrogens with two attached hydrogens (primary N) is 1. The number of nitrogens with zero attached hydrogens (tertiary/aromatic N) is 1. The zero-order valence-corrected chi connectivity index (χ0v) is 12.5. The van der Waals surface area contributed by atoms with Gasteiger partial charge in [-0.05, 0) is 23.8 Å². The third-order valence-electron chi connectivity index (χ3n) is 3.35. The maximum Gasteiger partial charge on any atom is 0.238 e. The maximum atomic E-state index is 11.8. The molecule has 0 saturated carbocycles. The Balaban J connectivity index is 2.28. The van der Waals surface area contributed by atoms with Crippen LogP contribution in [0.3, 0.4) is 0 Å². The van der Waals surface area contributed by atoms with Crippen LogP contribution in [0.15, 0.2) is 77.8 Å². The molecule has 0 fully saturated rings. The van der Waals surface area contributed by atoms with Crippen LogP contribution in [0.2, 0.25) is 0 Å². The van der Waals surface area contributed by atoms with Gasteiger partial charge >= 0.3 is 0 Å². The van der Waals surface area contributed by atoms with Crippen LogP contribution in [0, 0.1) is 0 Å². The number of benzene rings is 2. The highest BCUT2D eigenvalue weighted by molar-refractivity contribution is 7.89. The predicted octanol–water partition coefficient (Wildman–Crippen LogP) is 3.06. The lowest BCUT2D eigenvalue weighted by atomic mass is 9.97. The summed E-state index contributed by atoms with van der Waals surface area (Å²) in [5, 5.41) is 5.34. The summed E-state index contributed by atoms with van der Waals surface area (Å²) in [5.74, 6) is 0. The first-order chi connectivity index (χ1) is 10.6. The van der Waals surface area contributed by atoms with E-state index in [4.69, 9.17) is 5.14 Å². The van der Waals surface area contributed by atoms with Crippen LogP contribution in [0.4, 0.5) is 0 Å². The van der Waals surface area contributed by atoms with Crippen LogP contribution in [0.25, 0.3) is 22.4 Å². The molecule has 0 spiro atoms. The van der Waals surface area contributed by atoms with Crippen molar-refractivity contribution in [3.63, 3.8) is 0 Å². The smallest absolute Gasteiger partial charge is 0.238 e. The van der Waals surface area contributed by atoms with Gasteiger partial charge in [-0.3, -0.25) is 4.98 Å². The quantitative estimate of drug-likeness (QED) is 0.808. The Morgan fingerprint density at radius 1 is 0.727 bits per heavy atom. The van der Waals surface area contributed by atoms with E-state index in [2.05, 4.69) is 4.98 Å². The highest BCUT2D eigenvalue weighted by Gasteiger charge is 2.17. The van der Waals surface area contributed by atoms with Crippen molar-refractivity contribution in [3.05, 3.63) is 72.9 Å². The third-order valence-corrected chi connectivity index (χ3v) is 4.32. The van der Waals surface area contributed by atoms with Crippen molar-refractivity contribution in [2.75, 3.05) is 0 Å². The fourth-order valence-corrected chi connectivity index (χ4v) is 3.15. The van der Waals surface area contributed by atoms with E-state index in [1.165, 1.54) is 6.07 Å². The van der Waals surface area contributed by atoms with E-state index in [-0.39, 0.29) is 4.90 Å². The first kappa shape index (κ1) is 14.4. The monoisotopic (exact) mass is 310 g/mol. The summed E-state index contributed by atoms with van der Waals surface area (Å²) in [6, 6.07) is 19.9. The molecule has 0 bridgehead atoms. The standard InChI is InChI=1S/C17H14N2O2S/c18-22(20,21)17-11-4-3-9-15(17)13-7-1-2-8-14(13)16-10-5-6-12-19-16/h1-12H,(H2,18,20,21). The van der Waals surface area contributed by atoms with E-state index in [0.717, 1.165) is 16.8 Å². The molecule has 110 valence electrons. The van der Waals surface area contributed by atoms with E-state index < -0.39 is 10.0 Å². The number of sulfonamides is 1. The summed E-state index contributed by atoms with van der Waals surface area (Å²) >= 11 is 0. The van der Waals surface area contributed by atoms with Gasteiger partial charge < -0.3 is 0 Å². The SMILES string of the molecule is NS(=O)(=O)c1ccccc1-c1ccccc1-c1ccccn1. The minimum absolute atomic E-state index is 0.110. The Labute approximate surface area is 129 Å². The molecular formula is C17H14N2O2S. The number of hydrogen-bond acceptors (Lipinski definition) is 3. The Morgan fingerprint density at radius 3 is 1.95 bits per heavy atom. The summed E-state index contributed by atoms with van der Waals surface area (Å²) in [5.41, 5.74) is 3.00. The lowest BCUT2D eigenvalue weighted by Crippen LogP contribution is -2.13. The molecule has 5 heteroatoms. The van der Waals surface area contributed by atoms with Crippen LogP contribution in [-0.2, 0) is 10.0 Å². The van der Waals surface area contributed by atoms with Crippen molar-refractivity contribution in [1.82, 2.24) is 4.98 Å². The molecule has 0 atom stereocenters. The van der Waals surface area contributed by atoms with Gasteiger partial charge in [0.25, 0.3) is 0 Å². The minimum Gasteiger partial charge on any atom is -0.256 e. The van der Waals surface area contributed by atoms with Crippen LogP contribution < -0.4 is 5.14 Å². The topological polar surface area (TPSA) is 73.1 Å². The van der Waals surface area contributed by atoms with E-state index in [0.29, 0.717) is 5.56 Å². The second-order valence-corrected chi connectivity index (χ2v) is 6.33. The molecule has 0 radical (unpaired) electrons. The van der Waals surface area contributed by atoms with Crippen LogP contribution >= 0.6 is 0 Å². The van der Waals surface area contributed by atoms with Crippen LogP contribution in [0.1, 0.15) is 0 Å². The molecular weight excluding hydrogens is 296 g/mol. The van der Waals surface area contributed by atoms with E-state index in [9.17, 15) is 8.42 Å². The van der Waals surface area contributed by atoms with Gasteiger partial charge in [-0.15, -0.1) is 0 Å².